The molecule has 1 aromatic rings. The zero-order valence-corrected chi connectivity index (χ0v) is 11.9. The summed E-state index contributed by atoms with van der Waals surface area (Å²) in [5.74, 6) is 1.44. The Hall–Kier alpha value is -1.20. The van der Waals surface area contributed by atoms with Gasteiger partial charge in [0.15, 0.2) is 5.82 Å². The highest BCUT2D eigenvalue weighted by Crippen LogP contribution is 2.26. The summed E-state index contributed by atoms with van der Waals surface area (Å²) in [4.78, 5) is 4.39. The van der Waals surface area contributed by atoms with Crippen LogP contribution in [0.1, 0.15) is 30.9 Å². The Morgan fingerprint density at radius 3 is 2.63 bits per heavy atom. The van der Waals surface area contributed by atoms with Gasteiger partial charge < -0.3 is 14.9 Å². The molecule has 0 amide bonds. The lowest BCUT2D eigenvalue weighted by Crippen LogP contribution is -2.29. The fourth-order valence-corrected chi connectivity index (χ4v) is 2.48. The number of hydrogen-bond donors (Lipinski definition) is 1. The Morgan fingerprint density at radius 1 is 1.32 bits per heavy atom. The van der Waals surface area contributed by atoms with E-state index in [2.05, 4.69) is 28.2 Å². The van der Waals surface area contributed by atoms with E-state index in [1.165, 1.54) is 12.8 Å². The van der Waals surface area contributed by atoms with Crippen molar-refractivity contribution < 1.29 is 5.11 Å². The van der Waals surface area contributed by atoms with E-state index < -0.39 is 0 Å². The van der Waals surface area contributed by atoms with E-state index in [1.807, 2.05) is 18.0 Å². The van der Waals surface area contributed by atoms with E-state index in [9.17, 15) is 0 Å². The van der Waals surface area contributed by atoms with Crippen LogP contribution in [0.3, 0.4) is 0 Å². The molecule has 5 heteroatoms. The maximum absolute atomic E-state index is 8.83. The molecular weight excluding hydrogens is 240 g/mol. The summed E-state index contributed by atoms with van der Waals surface area (Å²) in [6.07, 6.45) is 3.10. The largest absolute Gasteiger partial charge is 0.396 e. The van der Waals surface area contributed by atoms with Crippen LogP contribution in [0.5, 0.6) is 0 Å². The maximum atomic E-state index is 8.83. The van der Waals surface area contributed by atoms with Crippen LogP contribution in [0.15, 0.2) is 12.1 Å². The maximum Gasteiger partial charge on any atom is 0.150 e. The number of aromatic nitrogens is 2. The second-order valence-corrected chi connectivity index (χ2v) is 5.39. The smallest absolute Gasteiger partial charge is 0.150 e. The number of aliphatic hydroxyl groups is 1. The Labute approximate surface area is 115 Å². The quantitative estimate of drug-likeness (QED) is 0.863. The molecule has 1 aromatic heterocycles. The van der Waals surface area contributed by atoms with Crippen LogP contribution in [0, 0.1) is 0 Å². The molecule has 1 fully saturated rings. The molecule has 2 heterocycles. The zero-order valence-electron chi connectivity index (χ0n) is 11.9. The molecule has 0 aliphatic carbocycles. The van der Waals surface area contributed by atoms with Crippen LogP contribution in [-0.4, -0.2) is 60.5 Å². The van der Waals surface area contributed by atoms with E-state index in [0.29, 0.717) is 5.92 Å². The van der Waals surface area contributed by atoms with Crippen molar-refractivity contribution >= 4 is 5.82 Å². The van der Waals surface area contributed by atoms with E-state index >= 15 is 0 Å². The summed E-state index contributed by atoms with van der Waals surface area (Å²) in [6.45, 7) is 3.30. The van der Waals surface area contributed by atoms with Crippen molar-refractivity contribution in [3.63, 3.8) is 0 Å². The van der Waals surface area contributed by atoms with Gasteiger partial charge in [-0.3, -0.25) is 0 Å². The van der Waals surface area contributed by atoms with Crippen molar-refractivity contribution in [2.45, 2.75) is 25.2 Å². The number of piperidine rings is 1. The van der Waals surface area contributed by atoms with Crippen LogP contribution in [-0.2, 0) is 0 Å². The van der Waals surface area contributed by atoms with Gasteiger partial charge in [0.1, 0.15) is 0 Å². The molecule has 0 unspecified atom stereocenters. The second kappa shape index (κ2) is 6.82. The second-order valence-electron chi connectivity index (χ2n) is 5.39. The van der Waals surface area contributed by atoms with Gasteiger partial charge in [-0.25, -0.2) is 0 Å². The molecular formula is C14H24N4O. The number of likely N-dealkylation sites (tertiary alicyclic amines) is 1. The average molecular weight is 264 g/mol. The van der Waals surface area contributed by atoms with Gasteiger partial charge in [-0.15, -0.1) is 5.10 Å². The third kappa shape index (κ3) is 3.88. The lowest BCUT2D eigenvalue weighted by atomic mass is 9.94. The molecule has 0 aromatic carbocycles. The summed E-state index contributed by atoms with van der Waals surface area (Å²) in [5, 5.41) is 17.5. The van der Waals surface area contributed by atoms with E-state index in [1.54, 1.807) is 0 Å². The van der Waals surface area contributed by atoms with Gasteiger partial charge in [0.05, 0.1) is 5.69 Å². The van der Waals surface area contributed by atoms with Gasteiger partial charge in [-0.05, 0) is 51.5 Å². The van der Waals surface area contributed by atoms with Crippen LogP contribution in [0.25, 0.3) is 0 Å². The number of anilines is 1. The molecule has 2 rings (SSSR count). The molecule has 5 nitrogen and oxygen atoms in total. The predicted octanol–water partition coefficient (Wildman–Crippen LogP) is 1.10. The Balaban J connectivity index is 1.94. The first kappa shape index (κ1) is 14.2. The average Bonchev–Trinajstić information content (AvgIpc) is 2.46. The lowest BCUT2D eigenvalue weighted by Gasteiger charge is -2.28. The molecule has 0 radical (unpaired) electrons. The molecule has 1 saturated heterocycles. The number of aliphatic hydroxyl groups excluding tert-OH is 1. The first-order valence-corrected chi connectivity index (χ1v) is 7.05. The predicted molar refractivity (Wildman–Crippen MR) is 76.5 cm³/mol. The first-order chi connectivity index (χ1) is 9.20. The molecule has 19 heavy (non-hydrogen) atoms. The van der Waals surface area contributed by atoms with Crippen LogP contribution >= 0.6 is 0 Å². The van der Waals surface area contributed by atoms with Crippen LogP contribution < -0.4 is 4.90 Å². The lowest BCUT2D eigenvalue weighted by molar-refractivity contribution is 0.253. The third-order valence-corrected chi connectivity index (χ3v) is 3.85. The summed E-state index contributed by atoms with van der Waals surface area (Å²) < 4.78 is 0. The fourth-order valence-electron chi connectivity index (χ4n) is 2.48. The summed E-state index contributed by atoms with van der Waals surface area (Å²) in [6, 6.07) is 4.14. The van der Waals surface area contributed by atoms with Crippen LogP contribution in [0.4, 0.5) is 5.82 Å². The monoisotopic (exact) mass is 264 g/mol. The minimum atomic E-state index is 0.214. The van der Waals surface area contributed by atoms with Crippen molar-refractivity contribution in [1.29, 1.82) is 0 Å². The highest BCUT2D eigenvalue weighted by molar-refractivity contribution is 5.36. The molecule has 1 aliphatic heterocycles. The first-order valence-electron chi connectivity index (χ1n) is 7.05. The molecule has 0 spiro atoms. The minimum Gasteiger partial charge on any atom is -0.396 e. The van der Waals surface area contributed by atoms with Crippen molar-refractivity contribution in [3.05, 3.63) is 17.8 Å². The van der Waals surface area contributed by atoms with Gasteiger partial charge in [0.25, 0.3) is 0 Å². The summed E-state index contributed by atoms with van der Waals surface area (Å²) >= 11 is 0. The Kier molecular flexibility index (Phi) is 5.10. The minimum absolute atomic E-state index is 0.214. The van der Waals surface area contributed by atoms with Gasteiger partial charge >= 0.3 is 0 Å². The molecule has 0 saturated carbocycles. The van der Waals surface area contributed by atoms with Gasteiger partial charge in [-0.2, -0.15) is 5.10 Å². The number of rotatable bonds is 5. The molecule has 0 bridgehead atoms. The van der Waals surface area contributed by atoms with E-state index in [-0.39, 0.29) is 6.61 Å². The summed E-state index contributed by atoms with van der Waals surface area (Å²) in [5.41, 5.74) is 1.12. The van der Waals surface area contributed by atoms with Gasteiger partial charge in [0.2, 0.25) is 0 Å². The highest BCUT2D eigenvalue weighted by Gasteiger charge is 2.19. The molecule has 1 aliphatic rings. The molecule has 0 atom stereocenters. The Morgan fingerprint density at radius 2 is 2.05 bits per heavy atom. The van der Waals surface area contributed by atoms with Crippen molar-refractivity contribution in [2.75, 3.05) is 45.2 Å². The molecule has 106 valence electrons. The molecule has 1 N–H and O–H groups in total. The van der Waals surface area contributed by atoms with Crippen molar-refractivity contribution in [2.24, 2.45) is 0 Å². The normalized spacial score (nSPS) is 17.6. The van der Waals surface area contributed by atoms with E-state index in [4.69, 9.17) is 5.11 Å². The van der Waals surface area contributed by atoms with E-state index in [0.717, 1.165) is 37.6 Å². The fraction of sp³-hybridized carbons (Fsp3) is 0.714. The highest BCUT2D eigenvalue weighted by atomic mass is 16.3. The topological polar surface area (TPSA) is 52.5 Å². The Bertz CT molecular complexity index is 374. The number of hydrogen-bond acceptors (Lipinski definition) is 5. The van der Waals surface area contributed by atoms with Crippen molar-refractivity contribution in [1.82, 2.24) is 15.1 Å². The van der Waals surface area contributed by atoms with Gasteiger partial charge in [-0.1, -0.05) is 0 Å². The SMILES string of the molecule is CN1CCC(c2ccc(N(C)CCCO)nn2)CC1. The number of nitrogens with zero attached hydrogens (tertiary/aromatic N) is 4. The van der Waals surface area contributed by atoms with Gasteiger partial charge in [0, 0.05) is 26.1 Å². The summed E-state index contributed by atoms with van der Waals surface area (Å²) in [7, 11) is 4.15. The standard InChI is InChI=1S/C14H24N4O/c1-17-9-6-12(7-10-17)13-4-5-14(16-15-13)18(2)8-3-11-19/h4-5,12,19H,3,6-11H2,1-2H3. The van der Waals surface area contributed by atoms with Crippen LogP contribution in [0.2, 0.25) is 0 Å². The third-order valence-electron chi connectivity index (χ3n) is 3.85. The van der Waals surface area contributed by atoms with Crippen molar-refractivity contribution in [3.8, 4) is 0 Å². The zero-order chi connectivity index (χ0) is 13.7.